The van der Waals surface area contributed by atoms with E-state index in [1.165, 1.54) is 32.4 Å². The first kappa shape index (κ1) is 22.8. The van der Waals surface area contributed by atoms with Gasteiger partial charge in [0.05, 0.1) is 12.2 Å². The van der Waals surface area contributed by atoms with Crippen LogP contribution in [0.3, 0.4) is 0 Å². The van der Waals surface area contributed by atoms with Gasteiger partial charge in [0.1, 0.15) is 18.5 Å². The molecular formula is C20H28FN3O5. The first-order valence-electron chi connectivity index (χ1n) is 9.56. The first-order valence-corrected chi connectivity index (χ1v) is 9.56. The number of hydrogen-bond donors (Lipinski definition) is 2. The van der Waals surface area contributed by atoms with Crippen molar-refractivity contribution in [2.45, 2.75) is 18.9 Å². The van der Waals surface area contributed by atoms with Crippen LogP contribution in [0, 0.1) is 11.7 Å². The van der Waals surface area contributed by atoms with Crippen molar-refractivity contribution in [3.8, 4) is 0 Å². The van der Waals surface area contributed by atoms with Crippen LogP contribution in [0.4, 0.5) is 4.39 Å². The van der Waals surface area contributed by atoms with Crippen molar-refractivity contribution in [1.82, 2.24) is 15.5 Å². The average Bonchev–Trinajstić information content (AvgIpc) is 2.72. The molecule has 8 nitrogen and oxygen atoms in total. The summed E-state index contributed by atoms with van der Waals surface area (Å²) < 4.78 is 23.8. The van der Waals surface area contributed by atoms with Gasteiger partial charge in [0.2, 0.25) is 11.8 Å². The van der Waals surface area contributed by atoms with E-state index in [2.05, 4.69) is 10.6 Å². The predicted octanol–water partition coefficient (Wildman–Crippen LogP) is 0.572. The fourth-order valence-electron chi connectivity index (χ4n) is 3.35. The summed E-state index contributed by atoms with van der Waals surface area (Å²) in [6.07, 6.45) is 1.07. The monoisotopic (exact) mass is 409 g/mol. The Morgan fingerprint density at radius 3 is 2.48 bits per heavy atom. The normalized spacial score (nSPS) is 15.6. The zero-order valence-corrected chi connectivity index (χ0v) is 16.8. The van der Waals surface area contributed by atoms with Crippen LogP contribution in [-0.4, -0.2) is 75.7 Å². The molecule has 0 bridgehead atoms. The quantitative estimate of drug-likeness (QED) is 0.582. The highest BCUT2D eigenvalue weighted by Gasteiger charge is 2.34. The molecule has 1 fully saturated rings. The minimum Gasteiger partial charge on any atom is -0.383 e. The molecule has 3 amide bonds. The minimum atomic E-state index is -0.835. The van der Waals surface area contributed by atoms with Gasteiger partial charge < -0.3 is 25.0 Å². The number of carbonyl (C=O) groups excluding carboxylic acids is 3. The molecule has 29 heavy (non-hydrogen) atoms. The van der Waals surface area contributed by atoms with E-state index >= 15 is 0 Å². The summed E-state index contributed by atoms with van der Waals surface area (Å²) >= 11 is 0. The van der Waals surface area contributed by atoms with E-state index in [0.717, 1.165) is 0 Å². The molecule has 1 aliphatic rings. The molecule has 1 aromatic rings. The van der Waals surface area contributed by atoms with Crippen LogP contribution >= 0.6 is 0 Å². The van der Waals surface area contributed by atoms with Crippen LogP contribution in [0.25, 0.3) is 0 Å². The van der Waals surface area contributed by atoms with E-state index in [4.69, 9.17) is 9.47 Å². The Kier molecular flexibility index (Phi) is 9.01. The Morgan fingerprint density at radius 2 is 1.86 bits per heavy atom. The molecule has 160 valence electrons. The number of hydrogen-bond acceptors (Lipinski definition) is 5. The minimum absolute atomic E-state index is 0.00954. The lowest BCUT2D eigenvalue weighted by atomic mass is 9.88. The fourth-order valence-corrected chi connectivity index (χ4v) is 3.35. The summed E-state index contributed by atoms with van der Waals surface area (Å²) in [4.78, 5) is 38.9. The van der Waals surface area contributed by atoms with Crippen LogP contribution in [0.2, 0.25) is 0 Å². The number of nitrogens with one attached hydrogen (secondary N) is 2. The second kappa shape index (κ2) is 11.5. The van der Waals surface area contributed by atoms with Crippen molar-refractivity contribution < 1.29 is 28.2 Å². The molecule has 1 aromatic carbocycles. The molecule has 0 aliphatic carbocycles. The molecule has 0 aromatic heterocycles. The second-order valence-corrected chi connectivity index (χ2v) is 6.87. The standard InChI is InChI=1S/C20H28FN3O5/c1-28-12-9-22-20(27)18(23-19(26)15-5-3-4-6-16(15)21)14-7-10-24(11-8-14)17(25)13-29-2/h3-6,14,18H,7-13H2,1-2H3,(H,22,27)(H,23,26). The van der Waals surface area contributed by atoms with E-state index in [1.807, 2.05) is 0 Å². The summed E-state index contributed by atoms with van der Waals surface area (Å²) in [5, 5.41) is 5.41. The smallest absolute Gasteiger partial charge is 0.254 e. The number of likely N-dealkylation sites (tertiary alicyclic amines) is 1. The highest BCUT2D eigenvalue weighted by atomic mass is 19.1. The molecular weight excluding hydrogens is 381 g/mol. The second-order valence-electron chi connectivity index (χ2n) is 6.87. The molecule has 1 heterocycles. The maximum absolute atomic E-state index is 14.0. The third-order valence-electron chi connectivity index (χ3n) is 4.92. The van der Waals surface area contributed by atoms with E-state index in [1.54, 1.807) is 11.0 Å². The first-order chi connectivity index (χ1) is 14.0. The van der Waals surface area contributed by atoms with Gasteiger partial charge in [-0.2, -0.15) is 0 Å². The summed E-state index contributed by atoms with van der Waals surface area (Å²) in [5.74, 6) is -1.94. The number of halogens is 1. The number of methoxy groups -OCH3 is 2. The lowest BCUT2D eigenvalue weighted by molar-refractivity contribution is -0.136. The molecule has 1 aliphatic heterocycles. The molecule has 0 spiro atoms. The Balaban J connectivity index is 2.07. The van der Waals surface area contributed by atoms with E-state index in [9.17, 15) is 18.8 Å². The van der Waals surface area contributed by atoms with Crippen LogP contribution < -0.4 is 10.6 Å². The van der Waals surface area contributed by atoms with Crippen molar-refractivity contribution in [3.05, 3.63) is 35.6 Å². The number of nitrogens with zero attached hydrogens (tertiary/aromatic N) is 1. The highest BCUT2D eigenvalue weighted by molar-refractivity contribution is 5.97. The van der Waals surface area contributed by atoms with Crippen molar-refractivity contribution in [2.75, 3.05) is 47.1 Å². The molecule has 0 radical (unpaired) electrons. The molecule has 0 saturated carbocycles. The molecule has 1 atom stereocenters. The van der Waals surface area contributed by atoms with Crippen molar-refractivity contribution >= 4 is 17.7 Å². The number of piperidine rings is 1. The predicted molar refractivity (Wildman–Crippen MR) is 104 cm³/mol. The Bertz CT molecular complexity index is 707. The largest absolute Gasteiger partial charge is 0.383 e. The fraction of sp³-hybridized carbons (Fsp3) is 0.550. The molecule has 1 unspecified atom stereocenters. The van der Waals surface area contributed by atoms with E-state index in [-0.39, 0.29) is 29.9 Å². The number of carbonyl (C=O) groups is 3. The zero-order chi connectivity index (χ0) is 21.2. The lowest BCUT2D eigenvalue weighted by Crippen LogP contribution is -2.54. The molecule has 1 saturated heterocycles. The average molecular weight is 409 g/mol. The van der Waals surface area contributed by atoms with E-state index in [0.29, 0.717) is 39.1 Å². The number of benzene rings is 1. The van der Waals surface area contributed by atoms with Crippen molar-refractivity contribution in [2.24, 2.45) is 5.92 Å². The van der Waals surface area contributed by atoms with Crippen LogP contribution in [0.15, 0.2) is 24.3 Å². The van der Waals surface area contributed by atoms with Crippen LogP contribution in [0.5, 0.6) is 0 Å². The van der Waals surface area contributed by atoms with Crippen LogP contribution in [0.1, 0.15) is 23.2 Å². The van der Waals surface area contributed by atoms with Crippen molar-refractivity contribution in [1.29, 1.82) is 0 Å². The molecule has 2 N–H and O–H groups in total. The summed E-state index contributed by atoms with van der Waals surface area (Å²) in [6, 6.07) is 4.79. The van der Waals surface area contributed by atoms with Gasteiger partial charge in [-0.25, -0.2) is 4.39 Å². The highest BCUT2D eigenvalue weighted by Crippen LogP contribution is 2.22. The number of rotatable bonds is 9. The maximum Gasteiger partial charge on any atom is 0.254 e. The third kappa shape index (κ3) is 6.50. The lowest BCUT2D eigenvalue weighted by Gasteiger charge is -2.35. The summed E-state index contributed by atoms with van der Waals surface area (Å²) in [5.41, 5.74) is -0.116. The van der Waals surface area contributed by atoms with Gasteiger partial charge in [-0.3, -0.25) is 14.4 Å². The topological polar surface area (TPSA) is 97.0 Å². The van der Waals surface area contributed by atoms with Gasteiger partial charge in [0.25, 0.3) is 5.91 Å². The van der Waals surface area contributed by atoms with Crippen molar-refractivity contribution in [3.63, 3.8) is 0 Å². The SMILES string of the molecule is COCCNC(=O)C(NC(=O)c1ccccc1F)C1CCN(C(=O)COC)CC1. The van der Waals surface area contributed by atoms with Gasteiger partial charge in [-0.15, -0.1) is 0 Å². The Morgan fingerprint density at radius 1 is 1.17 bits per heavy atom. The molecule has 2 rings (SSSR count). The maximum atomic E-state index is 14.0. The number of ether oxygens (including phenoxy) is 2. The molecule has 9 heteroatoms. The van der Waals surface area contributed by atoms with Gasteiger partial charge in [-0.1, -0.05) is 12.1 Å². The number of amides is 3. The van der Waals surface area contributed by atoms with E-state index < -0.39 is 17.8 Å². The van der Waals surface area contributed by atoms with Crippen LogP contribution in [-0.2, 0) is 19.1 Å². The Hall–Kier alpha value is -2.52. The van der Waals surface area contributed by atoms with Gasteiger partial charge >= 0.3 is 0 Å². The summed E-state index contributed by atoms with van der Waals surface area (Å²) in [7, 11) is 2.99. The summed E-state index contributed by atoms with van der Waals surface area (Å²) in [6.45, 7) is 1.57. The van der Waals surface area contributed by atoms with Gasteiger partial charge in [0.15, 0.2) is 0 Å². The Labute approximate surface area is 169 Å². The van der Waals surface area contributed by atoms with Gasteiger partial charge in [-0.05, 0) is 30.9 Å². The zero-order valence-electron chi connectivity index (χ0n) is 16.8. The van der Waals surface area contributed by atoms with Gasteiger partial charge in [0, 0.05) is 33.9 Å². The third-order valence-corrected chi connectivity index (χ3v) is 4.92.